The van der Waals surface area contributed by atoms with Crippen LogP contribution < -0.4 is 5.32 Å². The second kappa shape index (κ2) is 5.32. The van der Waals surface area contributed by atoms with Crippen molar-refractivity contribution in [1.29, 1.82) is 0 Å². The molecule has 2 nitrogen and oxygen atoms in total. The SMILES string of the molecule is c1ccc(C(NCC2CC2)c2ccncc2)cc1. The summed E-state index contributed by atoms with van der Waals surface area (Å²) in [5.41, 5.74) is 2.61. The first-order valence-corrected chi connectivity index (χ1v) is 6.62. The Morgan fingerprint density at radius 1 is 1.00 bits per heavy atom. The summed E-state index contributed by atoms with van der Waals surface area (Å²) in [5, 5.41) is 3.69. The van der Waals surface area contributed by atoms with Gasteiger partial charge in [0.05, 0.1) is 6.04 Å². The summed E-state index contributed by atoms with van der Waals surface area (Å²) in [7, 11) is 0. The van der Waals surface area contributed by atoms with Gasteiger partial charge >= 0.3 is 0 Å². The number of rotatable bonds is 5. The van der Waals surface area contributed by atoms with Gasteiger partial charge in [-0.05, 0) is 48.6 Å². The van der Waals surface area contributed by atoms with Crippen molar-refractivity contribution in [2.75, 3.05) is 6.54 Å². The molecule has 1 atom stereocenters. The largest absolute Gasteiger partial charge is 0.306 e. The molecular weight excluding hydrogens is 220 g/mol. The summed E-state index contributed by atoms with van der Waals surface area (Å²) >= 11 is 0. The molecule has 0 spiro atoms. The Kier molecular flexibility index (Phi) is 3.37. The maximum absolute atomic E-state index is 4.10. The Morgan fingerprint density at radius 3 is 2.33 bits per heavy atom. The van der Waals surface area contributed by atoms with Gasteiger partial charge in [0.25, 0.3) is 0 Å². The molecule has 0 bridgehead atoms. The lowest BCUT2D eigenvalue weighted by atomic mass is 9.99. The molecule has 0 radical (unpaired) electrons. The molecule has 1 N–H and O–H groups in total. The van der Waals surface area contributed by atoms with Gasteiger partial charge in [-0.1, -0.05) is 30.3 Å². The predicted octanol–water partition coefficient (Wildman–Crippen LogP) is 3.17. The maximum atomic E-state index is 4.10. The second-order valence-corrected chi connectivity index (χ2v) is 4.98. The number of hydrogen-bond donors (Lipinski definition) is 1. The molecule has 1 aromatic heterocycles. The maximum Gasteiger partial charge on any atom is 0.0577 e. The topological polar surface area (TPSA) is 24.9 Å². The van der Waals surface area contributed by atoms with Crippen LogP contribution in [0.1, 0.15) is 30.0 Å². The van der Waals surface area contributed by atoms with E-state index in [9.17, 15) is 0 Å². The first kappa shape index (κ1) is 11.4. The lowest BCUT2D eigenvalue weighted by Crippen LogP contribution is -2.24. The average molecular weight is 238 g/mol. The van der Waals surface area contributed by atoms with Crippen LogP contribution in [0.3, 0.4) is 0 Å². The van der Waals surface area contributed by atoms with Crippen LogP contribution in [0.5, 0.6) is 0 Å². The highest BCUT2D eigenvalue weighted by Crippen LogP contribution is 2.29. The number of aromatic nitrogens is 1. The highest BCUT2D eigenvalue weighted by atomic mass is 14.9. The minimum atomic E-state index is 0.287. The Hall–Kier alpha value is -1.67. The monoisotopic (exact) mass is 238 g/mol. The highest BCUT2D eigenvalue weighted by molar-refractivity contribution is 5.30. The van der Waals surface area contributed by atoms with Crippen molar-refractivity contribution in [3.8, 4) is 0 Å². The van der Waals surface area contributed by atoms with Crippen LogP contribution in [0.2, 0.25) is 0 Å². The third-order valence-electron chi connectivity index (χ3n) is 3.48. The standard InChI is InChI=1S/C16H18N2/c1-2-4-14(5-3-1)16(18-12-13-6-7-13)15-8-10-17-11-9-15/h1-5,8-11,13,16,18H,6-7,12H2. The molecule has 0 aliphatic heterocycles. The lowest BCUT2D eigenvalue weighted by molar-refractivity contribution is 0.573. The van der Waals surface area contributed by atoms with Crippen LogP contribution in [0.4, 0.5) is 0 Å². The van der Waals surface area contributed by atoms with Gasteiger partial charge in [0.1, 0.15) is 0 Å². The molecule has 1 fully saturated rings. The van der Waals surface area contributed by atoms with Crippen LogP contribution in [-0.2, 0) is 0 Å². The molecular formula is C16H18N2. The zero-order valence-electron chi connectivity index (χ0n) is 10.4. The van der Waals surface area contributed by atoms with E-state index in [4.69, 9.17) is 0 Å². The Balaban J connectivity index is 1.83. The zero-order chi connectivity index (χ0) is 12.2. The molecule has 3 rings (SSSR count). The third kappa shape index (κ3) is 2.77. The molecule has 1 heterocycles. The van der Waals surface area contributed by atoms with Gasteiger partial charge in [0.2, 0.25) is 0 Å². The molecule has 0 amide bonds. The van der Waals surface area contributed by atoms with Crippen molar-refractivity contribution in [2.45, 2.75) is 18.9 Å². The predicted molar refractivity (Wildman–Crippen MR) is 73.2 cm³/mol. The van der Waals surface area contributed by atoms with Gasteiger partial charge in [-0.2, -0.15) is 0 Å². The smallest absolute Gasteiger partial charge is 0.0577 e. The quantitative estimate of drug-likeness (QED) is 0.865. The van der Waals surface area contributed by atoms with Gasteiger partial charge in [-0.3, -0.25) is 4.98 Å². The normalized spacial score (nSPS) is 16.4. The fourth-order valence-electron chi connectivity index (χ4n) is 2.24. The van der Waals surface area contributed by atoms with Gasteiger partial charge in [0, 0.05) is 12.4 Å². The van der Waals surface area contributed by atoms with E-state index in [2.05, 4.69) is 52.8 Å². The highest BCUT2D eigenvalue weighted by Gasteiger charge is 2.23. The van der Waals surface area contributed by atoms with E-state index < -0.39 is 0 Å². The second-order valence-electron chi connectivity index (χ2n) is 4.98. The minimum Gasteiger partial charge on any atom is -0.306 e. The molecule has 2 aromatic rings. The molecule has 0 saturated heterocycles. The van der Waals surface area contributed by atoms with Crippen LogP contribution >= 0.6 is 0 Å². The Bertz CT molecular complexity index is 437. The molecule has 1 aliphatic carbocycles. The van der Waals surface area contributed by atoms with Gasteiger partial charge in [0.15, 0.2) is 0 Å². The average Bonchev–Trinajstić information content (AvgIpc) is 3.26. The van der Waals surface area contributed by atoms with E-state index in [-0.39, 0.29) is 6.04 Å². The summed E-state index contributed by atoms with van der Waals surface area (Å²) in [6, 6.07) is 15.1. The summed E-state index contributed by atoms with van der Waals surface area (Å²) in [6.07, 6.45) is 6.49. The summed E-state index contributed by atoms with van der Waals surface area (Å²) in [5.74, 6) is 0.887. The van der Waals surface area contributed by atoms with Crippen LogP contribution in [-0.4, -0.2) is 11.5 Å². The van der Waals surface area contributed by atoms with E-state index in [1.54, 1.807) is 0 Å². The van der Waals surface area contributed by atoms with Crippen molar-refractivity contribution in [1.82, 2.24) is 10.3 Å². The fraction of sp³-hybridized carbons (Fsp3) is 0.312. The van der Waals surface area contributed by atoms with E-state index >= 15 is 0 Å². The molecule has 1 saturated carbocycles. The lowest BCUT2D eigenvalue weighted by Gasteiger charge is -2.19. The van der Waals surface area contributed by atoms with Crippen LogP contribution in [0, 0.1) is 5.92 Å². The van der Waals surface area contributed by atoms with Crippen molar-refractivity contribution in [3.63, 3.8) is 0 Å². The van der Waals surface area contributed by atoms with Gasteiger partial charge in [-0.25, -0.2) is 0 Å². The molecule has 2 heteroatoms. The Morgan fingerprint density at radius 2 is 1.67 bits per heavy atom. The Labute approximate surface area is 108 Å². The van der Waals surface area contributed by atoms with Gasteiger partial charge < -0.3 is 5.32 Å². The van der Waals surface area contributed by atoms with Crippen LogP contribution in [0.15, 0.2) is 54.9 Å². The first-order chi connectivity index (χ1) is 8.93. The van der Waals surface area contributed by atoms with Crippen molar-refractivity contribution >= 4 is 0 Å². The van der Waals surface area contributed by atoms with E-state index in [1.807, 2.05) is 12.4 Å². The number of nitrogens with one attached hydrogen (secondary N) is 1. The van der Waals surface area contributed by atoms with E-state index in [1.165, 1.54) is 24.0 Å². The summed E-state index contributed by atoms with van der Waals surface area (Å²) in [4.78, 5) is 4.10. The first-order valence-electron chi connectivity index (χ1n) is 6.62. The summed E-state index contributed by atoms with van der Waals surface area (Å²) < 4.78 is 0. The molecule has 1 aromatic carbocycles. The number of pyridine rings is 1. The molecule has 92 valence electrons. The van der Waals surface area contributed by atoms with Crippen LogP contribution in [0.25, 0.3) is 0 Å². The number of nitrogens with zero attached hydrogens (tertiary/aromatic N) is 1. The van der Waals surface area contributed by atoms with Gasteiger partial charge in [-0.15, -0.1) is 0 Å². The third-order valence-corrected chi connectivity index (χ3v) is 3.48. The van der Waals surface area contributed by atoms with E-state index in [0.29, 0.717) is 0 Å². The van der Waals surface area contributed by atoms with E-state index in [0.717, 1.165) is 12.5 Å². The van der Waals surface area contributed by atoms with Crippen molar-refractivity contribution in [2.24, 2.45) is 5.92 Å². The summed E-state index contributed by atoms with van der Waals surface area (Å²) in [6.45, 7) is 1.11. The number of benzene rings is 1. The number of hydrogen-bond acceptors (Lipinski definition) is 2. The van der Waals surface area contributed by atoms with Crippen molar-refractivity contribution in [3.05, 3.63) is 66.0 Å². The minimum absolute atomic E-state index is 0.287. The molecule has 18 heavy (non-hydrogen) atoms. The zero-order valence-corrected chi connectivity index (χ0v) is 10.4. The fourth-order valence-corrected chi connectivity index (χ4v) is 2.24. The molecule has 1 unspecified atom stereocenters. The van der Waals surface area contributed by atoms with Crippen molar-refractivity contribution < 1.29 is 0 Å². The molecule has 1 aliphatic rings.